The molecule has 1 N–H and O–H groups in total. The molecular formula is C24H21N7O3S. The number of nitriles is 2. The standard InChI is InChI=1S/C24H21N7O3S/c25-14-2-16-31(17-3-15-26)23-12-10-21(11-13-23)28-27-19-6-8-20(9-7-19)29-30-22-4-1-5-24(18-22)35(32,33)34/h1,4-13,18H,2-3,16-17H2,(H,32,33,34). The second-order valence-electron chi connectivity index (χ2n) is 7.21. The average molecular weight is 488 g/mol. The third-order valence-electron chi connectivity index (χ3n) is 4.73. The van der Waals surface area contributed by atoms with E-state index in [2.05, 4.69) is 32.6 Å². The quantitative estimate of drug-likeness (QED) is 0.258. The van der Waals surface area contributed by atoms with Gasteiger partial charge in [-0.05, 0) is 66.7 Å². The molecule has 0 saturated carbocycles. The van der Waals surface area contributed by atoms with Crippen LogP contribution in [0.15, 0.2) is 98.1 Å². The second-order valence-corrected chi connectivity index (χ2v) is 8.63. The monoisotopic (exact) mass is 487 g/mol. The van der Waals surface area contributed by atoms with Crippen LogP contribution in [-0.4, -0.2) is 26.1 Å². The van der Waals surface area contributed by atoms with Gasteiger partial charge < -0.3 is 4.90 Å². The third-order valence-corrected chi connectivity index (χ3v) is 5.58. The average Bonchev–Trinajstić information content (AvgIpc) is 2.87. The van der Waals surface area contributed by atoms with Gasteiger partial charge in [0.25, 0.3) is 10.1 Å². The molecule has 0 aromatic heterocycles. The Hall–Kier alpha value is -4.45. The van der Waals surface area contributed by atoms with Gasteiger partial charge in [-0.25, -0.2) is 0 Å². The highest BCUT2D eigenvalue weighted by molar-refractivity contribution is 7.85. The molecule has 0 bridgehead atoms. The summed E-state index contributed by atoms with van der Waals surface area (Å²) in [6, 6.07) is 24.0. The van der Waals surface area contributed by atoms with Crippen molar-refractivity contribution in [3.8, 4) is 12.1 Å². The van der Waals surface area contributed by atoms with Crippen LogP contribution in [0.3, 0.4) is 0 Å². The van der Waals surface area contributed by atoms with Gasteiger partial charge in [-0.1, -0.05) is 6.07 Å². The van der Waals surface area contributed by atoms with Crippen molar-refractivity contribution in [2.75, 3.05) is 18.0 Å². The Morgan fingerprint density at radius 1 is 0.714 bits per heavy atom. The van der Waals surface area contributed by atoms with E-state index >= 15 is 0 Å². The molecule has 0 unspecified atom stereocenters. The van der Waals surface area contributed by atoms with Gasteiger partial charge in [0.2, 0.25) is 0 Å². The van der Waals surface area contributed by atoms with Crippen LogP contribution in [0.5, 0.6) is 0 Å². The maximum atomic E-state index is 11.2. The van der Waals surface area contributed by atoms with Crippen LogP contribution in [-0.2, 0) is 10.1 Å². The minimum atomic E-state index is -4.31. The number of hydrogen-bond acceptors (Lipinski definition) is 9. The number of hydrogen-bond donors (Lipinski definition) is 1. The fourth-order valence-corrected chi connectivity index (χ4v) is 3.51. The summed E-state index contributed by atoms with van der Waals surface area (Å²) in [6.07, 6.45) is 0.749. The van der Waals surface area contributed by atoms with E-state index in [1.165, 1.54) is 18.2 Å². The fraction of sp³-hybridized carbons (Fsp3) is 0.167. The molecule has 3 aromatic carbocycles. The Kier molecular flexibility index (Phi) is 8.73. The maximum absolute atomic E-state index is 11.2. The smallest absolute Gasteiger partial charge is 0.294 e. The molecule has 176 valence electrons. The van der Waals surface area contributed by atoms with E-state index in [-0.39, 0.29) is 10.6 Å². The lowest BCUT2D eigenvalue weighted by molar-refractivity contribution is 0.483. The van der Waals surface area contributed by atoms with Gasteiger partial charge in [0, 0.05) is 18.8 Å². The van der Waals surface area contributed by atoms with E-state index in [0.29, 0.717) is 43.0 Å². The van der Waals surface area contributed by atoms with Gasteiger partial charge in [-0.2, -0.15) is 39.4 Å². The first-order valence-corrected chi connectivity index (χ1v) is 11.9. The van der Waals surface area contributed by atoms with Gasteiger partial charge in [0.05, 0.1) is 52.6 Å². The van der Waals surface area contributed by atoms with Crippen molar-refractivity contribution in [2.45, 2.75) is 17.7 Å². The summed E-state index contributed by atoms with van der Waals surface area (Å²) in [6.45, 7) is 1.10. The molecule has 3 rings (SSSR count). The summed E-state index contributed by atoms with van der Waals surface area (Å²) in [5.74, 6) is 0. The molecule has 0 aliphatic rings. The Morgan fingerprint density at radius 2 is 1.17 bits per heavy atom. The SMILES string of the molecule is N#CCCN(CCC#N)c1ccc(N=Nc2ccc(N=Nc3cccc(S(=O)(=O)O)c3)cc2)cc1. The minimum Gasteiger partial charge on any atom is -0.369 e. The molecule has 3 aromatic rings. The van der Waals surface area contributed by atoms with Crippen molar-refractivity contribution in [2.24, 2.45) is 20.5 Å². The lowest BCUT2D eigenvalue weighted by atomic mass is 10.2. The van der Waals surface area contributed by atoms with E-state index in [0.717, 1.165) is 5.69 Å². The predicted molar refractivity (Wildman–Crippen MR) is 130 cm³/mol. The lowest BCUT2D eigenvalue weighted by Gasteiger charge is -2.22. The lowest BCUT2D eigenvalue weighted by Crippen LogP contribution is -2.25. The summed E-state index contributed by atoms with van der Waals surface area (Å²) < 4.78 is 31.6. The van der Waals surface area contributed by atoms with Crippen LogP contribution in [0.1, 0.15) is 12.8 Å². The van der Waals surface area contributed by atoms with Crippen LogP contribution in [0.4, 0.5) is 28.4 Å². The Labute approximate surface area is 203 Å². The minimum absolute atomic E-state index is 0.255. The summed E-state index contributed by atoms with van der Waals surface area (Å²) in [5, 5.41) is 34.2. The first-order valence-electron chi connectivity index (χ1n) is 10.5. The first-order chi connectivity index (χ1) is 16.9. The van der Waals surface area contributed by atoms with Crippen LogP contribution in [0, 0.1) is 22.7 Å². The van der Waals surface area contributed by atoms with E-state index in [1.54, 1.807) is 30.3 Å². The van der Waals surface area contributed by atoms with Gasteiger partial charge in [-0.3, -0.25) is 4.55 Å². The molecule has 0 heterocycles. The molecule has 0 spiro atoms. The maximum Gasteiger partial charge on any atom is 0.294 e. The zero-order chi connectivity index (χ0) is 25.1. The van der Waals surface area contributed by atoms with E-state index < -0.39 is 10.1 Å². The molecule has 35 heavy (non-hydrogen) atoms. The number of benzene rings is 3. The van der Waals surface area contributed by atoms with Gasteiger partial charge in [0.1, 0.15) is 0 Å². The van der Waals surface area contributed by atoms with Crippen molar-refractivity contribution in [1.29, 1.82) is 10.5 Å². The molecule has 0 saturated heterocycles. The fourth-order valence-electron chi connectivity index (χ4n) is 2.99. The van der Waals surface area contributed by atoms with Crippen LogP contribution in [0.2, 0.25) is 0 Å². The van der Waals surface area contributed by atoms with Crippen molar-refractivity contribution in [1.82, 2.24) is 0 Å². The van der Waals surface area contributed by atoms with Crippen molar-refractivity contribution >= 4 is 38.6 Å². The van der Waals surface area contributed by atoms with Crippen molar-refractivity contribution < 1.29 is 13.0 Å². The summed E-state index contributed by atoms with van der Waals surface area (Å²) in [5.41, 5.74) is 2.97. The first kappa shape index (κ1) is 25.2. The van der Waals surface area contributed by atoms with E-state index in [4.69, 9.17) is 15.1 Å². The Balaban J connectivity index is 1.64. The molecule has 0 atom stereocenters. The van der Waals surface area contributed by atoms with Crippen LogP contribution >= 0.6 is 0 Å². The molecule has 11 heteroatoms. The molecule has 0 radical (unpaired) electrons. The van der Waals surface area contributed by atoms with Gasteiger partial charge >= 0.3 is 0 Å². The van der Waals surface area contributed by atoms with Gasteiger partial charge in [-0.15, -0.1) is 0 Å². The number of rotatable bonds is 10. The molecule has 10 nitrogen and oxygen atoms in total. The topological polar surface area (TPSA) is 155 Å². The van der Waals surface area contributed by atoms with E-state index in [9.17, 15) is 8.42 Å². The second kappa shape index (κ2) is 12.1. The largest absolute Gasteiger partial charge is 0.369 e. The summed E-state index contributed by atoms with van der Waals surface area (Å²) in [4.78, 5) is 1.73. The molecule has 0 fully saturated rings. The van der Waals surface area contributed by atoms with Crippen LogP contribution in [0.25, 0.3) is 0 Å². The molecular weight excluding hydrogens is 466 g/mol. The van der Waals surface area contributed by atoms with E-state index in [1.807, 2.05) is 29.2 Å². The van der Waals surface area contributed by atoms with Crippen molar-refractivity contribution in [3.63, 3.8) is 0 Å². The molecule has 0 aliphatic carbocycles. The van der Waals surface area contributed by atoms with Crippen molar-refractivity contribution in [3.05, 3.63) is 72.8 Å². The van der Waals surface area contributed by atoms with Crippen LogP contribution < -0.4 is 4.90 Å². The van der Waals surface area contributed by atoms with Gasteiger partial charge in [0.15, 0.2) is 0 Å². The molecule has 0 aliphatic heterocycles. The third kappa shape index (κ3) is 7.82. The highest BCUT2D eigenvalue weighted by Gasteiger charge is 2.09. The number of anilines is 1. The Bertz CT molecular complexity index is 1370. The highest BCUT2D eigenvalue weighted by atomic mass is 32.2. The predicted octanol–water partition coefficient (Wildman–Crippen LogP) is 6.40. The summed E-state index contributed by atoms with van der Waals surface area (Å²) >= 11 is 0. The highest BCUT2D eigenvalue weighted by Crippen LogP contribution is 2.25. The normalized spacial score (nSPS) is 11.4. The number of azo groups is 2. The summed E-state index contributed by atoms with van der Waals surface area (Å²) in [7, 11) is -4.31. The number of nitrogens with zero attached hydrogens (tertiary/aromatic N) is 7. The Morgan fingerprint density at radius 3 is 1.63 bits per heavy atom. The molecule has 0 amide bonds. The zero-order valence-corrected chi connectivity index (χ0v) is 19.4. The zero-order valence-electron chi connectivity index (χ0n) is 18.6.